The minimum absolute atomic E-state index is 0.0943. The summed E-state index contributed by atoms with van der Waals surface area (Å²) < 4.78 is 0. The zero-order valence-corrected chi connectivity index (χ0v) is 10.2. The van der Waals surface area contributed by atoms with Gasteiger partial charge in [-0.25, -0.2) is 0 Å². The third-order valence-corrected chi connectivity index (χ3v) is 3.32. The highest BCUT2D eigenvalue weighted by Gasteiger charge is 2.18. The van der Waals surface area contributed by atoms with Crippen LogP contribution in [0.15, 0.2) is 18.2 Å². The van der Waals surface area contributed by atoms with Crippen molar-refractivity contribution < 1.29 is 4.79 Å². The number of carbonyl (C=O) groups is 1. The third kappa shape index (κ3) is 2.77. The Bertz CT molecular complexity index is 417. The van der Waals surface area contributed by atoms with Crippen LogP contribution in [0.1, 0.15) is 17.5 Å². The van der Waals surface area contributed by atoms with Crippen molar-refractivity contribution in [2.24, 2.45) is 0 Å². The molecule has 17 heavy (non-hydrogen) atoms. The van der Waals surface area contributed by atoms with Crippen LogP contribution < -0.4 is 11.1 Å². The molecule has 0 fully saturated rings. The predicted molar refractivity (Wildman–Crippen MR) is 68.5 cm³/mol. The summed E-state index contributed by atoms with van der Waals surface area (Å²) in [4.78, 5) is 13.5. The molecule has 1 heterocycles. The summed E-state index contributed by atoms with van der Waals surface area (Å²) in [5, 5.41) is 2.64. The van der Waals surface area contributed by atoms with Gasteiger partial charge in [0.05, 0.1) is 0 Å². The Morgan fingerprint density at radius 3 is 3.12 bits per heavy atom. The van der Waals surface area contributed by atoms with Gasteiger partial charge in [-0.05, 0) is 23.6 Å². The smallest absolute Gasteiger partial charge is 0.221 e. The molecule has 1 aliphatic heterocycles. The number of amides is 1. The van der Waals surface area contributed by atoms with E-state index in [0.717, 1.165) is 31.7 Å². The first-order valence-electron chi connectivity index (χ1n) is 6.00. The van der Waals surface area contributed by atoms with E-state index in [-0.39, 0.29) is 5.91 Å². The summed E-state index contributed by atoms with van der Waals surface area (Å²) in [5.41, 5.74) is 9.43. The fourth-order valence-electron chi connectivity index (χ4n) is 2.24. The van der Waals surface area contributed by atoms with Gasteiger partial charge in [-0.3, -0.25) is 9.69 Å². The van der Waals surface area contributed by atoms with Crippen molar-refractivity contribution in [3.8, 4) is 0 Å². The molecule has 1 amide bonds. The summed E-state index contributed by atoms with van der Waals surface area (Å²) in [6.45, 7) is 2.67. The lowest BCUT2D eigenvalue weighted by Gasteiger charge is -2.29. The molecule has 4 nitrogen and oxygen atoms in total. The summed E-state index contributed by atoms with van der Waals surface area (Å²) in [7, 11) is 1.67. The van der Waals surface area contributed by atoms with Gasteiger partial charge in [0, 0.05) is 38.8 Å². The lowest BCUT2D eigenvalue weighted by Crippen LogP contribution is -2.34. The van der Waals surface area contributed by atoms with Crippen LogP contribution >= 0.6 is 0 Å². The number of anilines is 1. The van der Waals surface area contributed by atoms with Crippen molar-refractivity contribution in [3.63, 3.8) is 0 Å². The monoisotopic (exact) mass is 233 g/mol. The number of nitrogens with zero attached hydrogens (tertiary/aromatic N) is 1. The molecule has 4 heteroatoms. The minimum atomic E-state index is 0.0943. The van der Waals surface area contributed by atoms with Gasteiger partial charge >= 0.3 is 0 Å². The molecule has 0 saturated carbocycles. The highest BCUT2D eigenvalue weighted by molar-refractivity contribution is 5.75. The van der Waals surface area contributed by atoms with Crippen LogP contribution in [0, 0.1) is 0 Å². The summed E-state index contributed by atoms with van der Waals surface area (Å²) in [5.74, 6) is 0.0943. The third-order valence-electron chi connectivity index (χ3n) is 3.32. The average Bonchev–Trinajstić information content (AvgIpc) is 2.36. The second-order valence-electron chi connectivity index (χ2n) is 4.43. The van der Waals surface area contributed by atoms with E-state index in [4.69, 9.17) is 5.73 Å². The van der Waals surface area contributed by atoms with Crippen LogP contribution in [-0.2, 0) is 17.8 Å². The molecular formula is C13H19N3O. The average molecular weight is 233 g/mol. The lowest BCUT2D eigenvalue weighted by molar-refractivity contribution is -0.121. The molecule has 0 saturated heterocycles. The molecule has 2 rings (SSSR count). The molecule has 0 unspecified atom stereocenters. The molecule has 1 aliphatic rings. The predicted octanol–water partition coefficient (Wildman–Crippen LogP) is 0.763. The fraction of sp³-hybridized carbons (Fsp3) is 0.462. The van der Waals surface area contributed by atoms with Gasteiger partial charge in [-0.15, -0.1) is 0 Å². The number of hydrogen-bond donors (Lipinski definition) is 2. The number of hydrogen-bond acceptors (Lipinski definition) is 3. The van der Waals surface area contributed by atoms with Crippen LogP contribution in [0.5, 0.6) is 0 Å². The van der Waals surface area contributed by atoms with Crippen molar-refractivity contribution in [3.05, 3.63) is 29.3 Å². The topological polar surface area (TPSA) is 58.4 Å². The highest BCUT2D eigenvalue weighted by Crippen LogP contribution is 2.24. The van der Waals surface area contributed by atoms with Crippen LogP contribution in [-0.4, -0.2) is 30.9 Å². The van der Waals surface area contributed by atoms with Crippen molar-refractivity contribution in [1.82, 2.24) is 10.2 Å². The first-order valence-corrected chi connectivity index (χ1v) is 6.00. The van der Waals surface area contributed by atoms with Gasteiger partial charge in [0.15, 0.2) is 0 Å². The Kier molecular flexibility index (Phi) is 3.64. The fourth-order valence-corrected chi connectivity index (χ4v) is 2.24. The molecule has 92 valence electrons. The van der Waals surface area contributed by atoms with Crippen LogP contribution in [0.4, 0.5) is 5.69 Å². The highest BCUT2D eigenvalue weighted by atomic mass is 16.1. The van der Waals surface area contributed by atoms with Crippen molar-refractivity contribution in [2.75, 3.05) is 25.9 Å². The number of carbonyl (C=O) groups excluding carboxylic acids is 1. The molecular weight excluding hydrogens is 214 g/mol. The first-order chi connectivity index (χ1) is 8.20. The van der Waals surface area contributed by atoms with Crippen molar-refractivity contribution in [2.45, 2.75) is 19.4 Å². The standard InChI is InChI=1S/C13H19N3O/c1-15-13(17)6-8-16-7-5-10-3-2-4-12(14)11(10)9-16/h2-4H,5-9,14H2,1H3,(H,15,17). The molecule has 1 aromatic carbocycles. The van der Waals surface area contributed by atoms with Crippen molar-refractivity contribution in [1.29, 1.82) is 0 Å². The second kappa shape index (κ2) is 5.19. The Hall–Kier alpha value is -1.55. The van der Waals surface area contributed by atoms with Crippen LogP contribution in [0.25, 0.3) is 0 Å². The lowest BCUT2D eigenvalue weighted by atomic mass is 9.98. The molecule has 0 radical (unpaired) electrons. The van der Waals surface area contributed by atoms with Gasteiger partial charge in [-0.2, -0.15) is 0 Å². The largest absolute Gasteiger partial charge is 0.398 e. The Morgan fingerprint density at radius 1 is 1.53 bits per heavy atom. The second-order valence-corrected chi connectivity index (χ2v) is 4.43. The van der Waals surface area contributed by atoms with Crippen LogP contribution in [0.3, 0.4) is 0 Å². The van der Waals surface area contributed by atoms with Crippen LogP contribution in [0.2, 0.25) is 0 Å². The summed E-state index contributed by atoms with van der Waals surface area (Å²) in [6, 6.07) is 6.09. The Balaban J connectivity index is 1.98. The van der Waals surface area contributed by atoms with Gasteiger partial charge in [0.2, 0.25) is 5.91 Å². The van der Waals surface area contributed by atoms with Gasteiger partial charge in [-0.1, -0.05) is 12.1 Å². The molecule has 0 aromatic heterocycles. The van der Waals surface area contributed by atoms with Crippen molar-refractivity contribution >= 4 is 11.6 Å². The number of nitrogens with one attached hydrogen (secondary N) is 1. The first kappa shape index (κ1) is 11.9. The van der Waals surface area contributed by atoms with E-state index in [2.05, 4.69) is 16.3 Å². The molecule has 0 atom stereocenters. The zero-order chi connectivity index (χ0) is 12.3. The molecule has 0 aliphatic carbocycles. The number of nitrogens with two attached hydrogens (primary N) is 1. The van der Waals surface area contributed by atoms with E-state index >= 15 is 0 Å². The number of benzene rings is 1. The quantitative estimate of drug-likeness (QED) is 0.758. The van der Waals surface area contributed by atoms with Gasteiger partial charge in [0.1, 0.15) is 0 Å². The normalized spacial score (nSPS) is 15.4. The number of fused-ring (bicyclic) bond motifs is 1. The van der Waals surface area contributed by atoms with Gasteiger partial charge < -0.3 is 11.1 Å². The maximum atomic E-state index is 11.2. The molecule has 0 spiro atoms. The van der Waals surface area contributed by atoms with E-state index in [1.165, 1.54) is 11.1 Å². The van der Waals surface area contributed by atoms with E-state index in [0.29, 0.717) is 6.42 Å². The Labute approximate surface area is 102 Å². The van der Waals surface area contributed by atoms with Gasteiger partial charge in [0.25, 0.3) is 0 Å². The Morgan fingerprint density at radius 2 is 2.35 bits per heavy atom. The molecule has 0 bridgehead atoms. The maximum absolute atomic E-state index is 11.2. The maximum Gasteiger partial charge on any atom is 0.221 e. The number of rotatable bonds is 3. The SMILES string of the molecule is CNC(=O)CCN1CCc2cccc(N)c2C1. The molecule has 3 N–H and O–H groups in total. The summed E-state index contributed by atoms with van der Waals surface area (Å²) >= 11 is 0. The van der Waals surface area contributed by atoms with E-state index in [1.807, 2.05) is 12.1 Å². The summed E-state index contributed by atoms with van der Waals surface area (Å²) in [6.07, 6.45) is 1.58. The van der Waals surface area contributed by atoms with E-state index in [9.17, 15) is 4.79 Å². The minimum Gasteiger partial charge on any atom is -0.398 e. The number of nitrogen functional groups attached to an aromatic ring is 1. The van der Waals surface area contributed by atoms with E-state index in [1.54, 1.807) is 7.05 Å². The zero-order valence-electron chi connectivity index (χ0n) is 10.2. The van der Waals surface area contributed by atoms with E-state index < -0.39 is 0 Å². The molecule has 1 aromatic rings.